The summed E-state index contributed by atoms with van der Waals surface area (Å²) in [6, 6.07) is 0.279. The van der Waals surface area contributed by atoms with Crippen LogP contribution in [0.15, 0.2) is 0 Å². The maximum Gasteiger partial charge on any atom is 0.322 e. The second-order valence-electron chi connectivity index (χ2n) is 4.53. The molecule has 0 radical (unpaired) electrons. The van der Waals surface area contributed by atoms with E-state index in [2.05, 4.69) is 41.0 Å². The van der Waals surface area contributed by atoms with Gasteiger partial charge in [-0.1, -0.05) is 27.7 Å². The third-order valence-corrected chi connectivity index (χ3v) is 3.60. The van der Waals surface area contributed by atoms with Gasteiger partial charge in [-0.25, -0.2) is 0 Å². The van der Waals surface area contributed by atoms with E-state index in [1.807, 2.05) is 6.92 Å². The Morgan fingerprint density at radius 3 is 2.21 bits per heavy atom. The molecule has 1 heterocycles. The molecule has 0 unspecified atom stereocenters. The molecule has 1 aromatic rings. The van der Waals surface area contributed by atoms with Crippen LogP contribution in [-0.2, 0) is 0 Å². The van der Waals surface area contributed by atoms with Crippen LogP contribution in [-0.4, -0.2) is 27.1 Å². The van der Waals surface area contributed by atoms with Crippen molar-refractivity contribution < 1.29 is 4.74 Å². The topological polar surface area (TPSA) is 59.9 Å². The lowest BCUT2D eigenvalue weighted by Gasteiger charge is -2.31. The first-order valence-electron chi connectivity index (χ1n) is 6.91. The van der Waals surface area contributed by atoms with Gasteiger partial charge in [0.2, 0.25) is 11.2 Å². The molecule has 0 bridgehead atoms. The highest BCUT2D eigenvalue weighted by Gasteiger charge is 2.25. The van der Waals surface area contributed by atoms with E-state index in [0.717, 1.165) is 25.7 Å². The van der Waals surface area contributed by atoms with E-state index < -0.39 is 0 Å². The molecule has 1 aromatic heterocycles. The number of anilines is 1. The number of aromatic nitrogens is 3. The summed E-state index contributed by atoms with van der Waals surface area (Å²) >= 11 is 5.91. The fourth-order valence-corrected chi connectivity index (χ4v) is 2.05. The molecule has 1 rings (SSSR count). The minimum absolute atomic E-state index is 0.00723. The van der Waals surface area contributed by atoms with Gasteiger partial charge in [0.25, 0.3) is 0 Å². The van der Waals surface area contributed by atoms with Crippen molar-refractivity contribution in [2.75, 3.05) is 11.9 Å². The van der Waals surface area contributed by atoms with Crippen LogP contribution in [0.5, 0.6) is 6.01 Å². The Hall–Kier alpha value is -1.10. The lowest BCUT2D eigenvalue weighted by molar-refractivity contribution is 0.291. The second-order valence-corrected chi connectivity index (χ2v) is 4.86. The van der Waals surface area contributed by atoms with Gasteiger partial charge in [-0.2, -0.15) is 15.0 Å². The summed E-state index contributed by atoms with van der Waals surface area (Å²) in [7, 11) is 0. The zero-order chi connectivity index (χ0) is 14.3. The molecule has 5 nitrogen and oxygen atoms in total. The maximum atomic E-state index is 5.91. The molecule has 0 aliphatic carbocycles. The van der Waals surface area contributed by atoms with Crippen LogP contribution in [0.25, 0.3) is 0 Å². The maximum absolute atomic E-state index is 5.91. The van der Waals surface area contributed by atoms with Crippen LogP contribution in [0.4, 0.5) is 5.95 Å². The van der Waals surface area contributed by atoms with E-state index >= 15 is 0 Å². The highest BCUT2D eigenvalue weighted by molar-refractivity contribution is 6.28. The smallest absolute Gasteiger partial charge is 0.322 e. The van der Waals surface area contributed by atoms with Crippen molar-refractivity contribution in [1.82, 2.24) is 15.0 Å². The fourth-order valence-electron chi connectivity index (χ4n) is 1.90. The molecule has 0 aliphatic rings. The van der Waals surface area contributed by atoms with Crippen molar-refractivity contribution in [1.29, 1.82) is 0 Å². The molecule has 0 aromatic carbocycles. The van der Waals surface area contributed by atoms with Gasteiger partial charge in [-0.3, -0.25) is 0 Å². The molecule has 108 valence electrons. The van der Waals surface area contributed by atoms with Gasteiger partial charge < -0.3 is 10.1 Å². The molecule has 0 aliphatic heterocycles. The predicted molar refractivity (Wildman–Crippen MR) is 77.8 cm³/mol. The molecular formula is C13H23ClN4O. The van der Waals surface area contributed by atoms with E-state index in [9.17, 15) is 0 Å². The highest BCUT2D eigenvalue weighted by Crippen LogP contribution is 2.24. The van der Waals surface area contributed by atoms with Crippen molar-refractivity contribution in [2.24, 2.45) is 0 Å². The van der Waals surface area contributed by atoms with E-state index in [1.165, 1.54) is 0 Å². The molecule has 6 heteroatoms. The number of hydrogen-bond acceptors (Lipinski definition) is 5. The summed E-state index contributed by atoms with van der Waals surface area (Å²) in [6.07, 6.45) is 3.88. The summed E-state index contributed by atoms with van der Waals surface area (Å²) in [5, 5.41) is 3.53. The number of nitrogens with zero attached hydrogens (tertiary/aromatic N) is 3. The second kappa shape index (κ2) is 7.48. The Morgan fingerprint density at radius 1 is 1.05 bits per heavy atom. The van der Waals surface area contributed by atoms with Gasteiger partial charge >= 0.3 is 6.01 Å². The first-order chi connectivity index (χ1) is 9.09. The Bertz CT molecular complexity index is 388. The first kappa shape index (κ1) is 16.0. The van der Waals surface area contributed by atoms with Crippen molar-refractivity contribution in [2.45, 2.75) is 58.9 Å². The van der Waals surface area contributed by atoms with E-state index in [1.54, 1.807) is 0 Å². The number of nitrogens with one attached hydrogen (secondary N) is 1. The minimum Gasteiger partial charge on any atom is -0.463 e. The van der Waals surface area contributed by atoms with Crippen molar-refractivity contribution in [3.63, 3.8) is 0 Å². The average Bonchev–Trinajstić information content (AvgIpc) is 2.42. The molecule has 0 fully saturated rings. The van der Waals surface area contributed by atoms with E-state index in [0.29, 0.717) is 12.6 Å². The van der Waals surface area contributed by atoms with Gasteiger partial charge in [0.15, 0.2) is 0 Å². The standard InChI is InChI=1S/C13H23ClN4O/c1-5-9-19-12-16-10(14)15-11(17-12)18-13(6-2,7-3)8-4/h5-9H2,1-4H3,(H,15,16,17,18). The Balaban J connectivity index is 2.90. The van der Waals surface area contributed by atoms with Crippen LogP contribution in [0, 0.1) is 0 Å². The summed E-state index contributed by atoms with van der Waals surface area (Å²) in [5.74, 6) is 0.483. The minimum atomic E-state index is -0.00723. The summed E-state index contributed by atoms with van der Waals surface area (Å²) in [6.45, 7) is 9.05. The molecule has 0 amide bonds. The average molecular weight is 287 g/mol. The summed E-state index contributed by atoms with van der Waals surface area (Å²) < 4.78 is 5.41. The van der Waals surface area contributed by atoms with Crippen LogP contribution in [0.3, 0.4) is 0 Å². The molecule has 19 heavy (non-hydrogen) atoms. The zero-order valence-electron chi connectivity index (χ0n) is 12.2. The van der Waals surface area contributed by atoms with Gasteiger partial charge in [0, 0.05) is 5.54 Å². The molecule has 0 saturated carbocycles. The number of hydrogen-bond donors (Lipinski definition) is 1. The van der Waals surface area contributed by atoms with Crippen LogP contribution in [0.2, 0.25) is 5.28 Å². The quantitative estimate of drug-likeness (QED) is 0.790. The predicted octanol–water partition coefficient (Wildman–Crippen LogP) is 3.69. The van der Waals surface area contributed by atoms with Crippen molar-refractivity contribution in [3.8, 4) is 6.01 Å². The van der Waals surface area contributed by atoms with Crippen LogP contribution < -0.4 is 10.1 Å². The third kappa shape index (κ3) is 4.49. The molecule has 0 spiro atoms. The first-order valence-corrected chi connectivity index (χ1v) is 7.29. The van der Waals surface area contributed by atoms with Crippen molar-refractivity contribution >= 4 is 17.5 Å². The normalized spacial score (nSPS) is 11.4. The Labute approximate surface area is 120 Å². The highest BCUT2D eigenvalue weighted by atomic mass is 35.5. The third-order valence-electron chi connectivity index (χ3n) is 3.43. The van der Waals surface area contributed by atoms with Crippen molar-refractivity contribution in [3.05, 3.63) is 5.28 Å². The number of halogens is 1. The van der Waals surface area contributed by atoms with Gasteiger partial charge in [-0.15, -0.1) is 0 Å². The molecule has 1 N–H and O–H groups in total. The largest absolute Gasteiger partial charge is 0.463 e. The Kier molecular flexibility index (Phi) is 6.28. The SMILES string of the molecule is CCCOc1nc(Cl)nc(NC(CC)(CC)CC)n1. The molecular weight excluding hydrogens is 264 g/mol. The van der Waals surface area contributed by atoms with Gasteiger partial charge in [-0.05, 0) is 37.3 Å². The summed E-state index contributed by atoms with van der Waals surface area (Å²) in [5.41, 5.74) is -0.00723. The lowest BCUT2D eigenvalue weighted by atomic mass is 9.90. The summed E-state index contributed by atoms with van der Waals surface area (Å²) in [4.78, 5) is 12.3. The van der Waals surface area contributed by atoms with E-state index in [4.69, 9.17) is 16.3 Å². The monoisotopic (exact) mass is 286 g/mol. The Morgan fingerprint density at radius 2 is 1.68 bits per heavy atom. The number of rotatable bonds is 8. The lowest BCUT2D eigenvalue weighted by Crippen LogP contribution is -2.37. The van der Waals surface area contributed by atoms with E-state index in [-0.39, 0.29) is 16.8 Å². The molecule has 0 saturated heterocycles. The van der Waals surface area contributed by atoms with Crippen LogP contribution in [0.1, 0.15) is 53.4 Å². The van der Waals surface area contributed by atoms with Gasteiger partial charge in [0.05, 0.1) is 6.61 Å². The zero-order valence-corrected chi connectivity index (χ0v) is 12.9. The number of ether oxygens (including phenoxy) is 1. The fraction of sp³-hybridized carbons (Fsp3) is 0.769. The van der Waals surface area contributed by atoms with Gasteiger partial charge in [0.1, 0.15) is 0 Å². The van der Waals surface area contributed by atoms with Crippen LogP contribution >= 0.6 is 11.6 Å². The molecule has 0 atom stereocenters.